The Hall–Kier alpha value is -1.40. The highest BCUT2D eigenvalue weighted by Gasteiger charge is 2.33. The van der Waals surface area contributed by atoms with Crippen LogP contribution >= 0.6 is 0 Å². The highest BCUT2D eigenvalue weighted by atomic mass is 16.5. The molecular weight excluding hydrogens is 268 g/mol. The number of carbonyl (C=O) groups is 1. The van der Waals surface area contributed by atoms with Crippen molar-refractivity contribution in [3.63, 3.8) is 0 Å². The summed E-state index contributed by atoms with van der Waals surface area (Å²) in [4.78, 5) is 17.0. The number of hydrogen-bond donors (Lipinski definition) is 0. The monoisotopic (exact) mass is 292 g/mol. The zero-order valence-corrected chi connectivity index (χ0v) is 13.1. The van der Waals surface area contributed by atoms with E-state index in [4.69, 9.17) is 4.74 Å². The van der Waals surface area contributed by atoms with Crippen LogP contribution in [-0.4, -0.2) is 57.8 Å². The summed E-state index contributed by atoms with van der Waals surface area (Å²) in [6.45, 7) is 8.75. The average Bonchev–Trinajstić information content (AvgIpc) is 3.08. The summed E-state index contributed by atoms with van der Waals surface area (Å²) in [5.41, 5.74) is 2.95. The molecule has 0 aliphatic carbocycles. The Morgan fingerprint density at radius 3 is 2.71 bits per heavy atom. The Balaban J connectivity index is 1.82. The van der Waals surface area contributed by atoms with Crippen molar-refractivity contribution in [1.82, 2.24) is 19.6 Å². The predicted molar refractivity (Wildman–Crippen MR) is 78.9 cm³/mol. The van der Waals surface area contributed by atoms with Crippen LogP contribution in [0.15, 0.2) is 0 Å². The van der Waals surface area contributed by atoms with Gasteiger partial charge < -0.3 is 9.64 Å². The first-order valence-electron chi connectivity index (χ1n) is 7.77. The Morgan fingerprint density at radius 2 is 2.05 bits per heavy atom. The maximum atomic E-state index is 12.7. The minimum atomic E-state index is 0.0566. The zero-order chi connectivity index (χ0) is 15.0. The van der Waals surface area contributed by atoms with Crippen LogP contribution in [0, 0.1) is 0 Å². The molecule has 0 unspecified atom stereocenters. The Labute approximate surface area is 125 Å². The van der Waals surface area contributed by atoms with E-state index in [1.807, 2.05) is 16.6 Å². The standard InChI is InChI=1S/C15H24N4O2/c1-4-11(2)19-9-12-13(10-19)17(3)16-14(12)15(20)18-5-7-21-8-6-18/h11H,4-10H2,1-3H3/t11-/m0/s1. The van der Waals surface area contributed by atoms with E-state index in [0.29, 0.717) is 38.0 Å². The summed E-state index contributed by atoms with van der Waals surface area (Å²) in [5.74, 6) is 0.0566. The van der Waals surface area contributed by atoms with Crippen LogP contribution in [0.5, 0.6) is 0 Å². The van der Waals surface area contributed by atoms with Gasteiger partial charge >= 0.3 is 0 Å². The summed E-state index contributed by atoms with van der Waals surface area (Å²) < 4.78 is 7.20. The number of aryl methyl sites for hydroxylation is 1. The SMILES string of the molecule is CC[C@H](C)N1Cc2c(C(=O)N3CCOCC3)nn(C)c2C1. The van der Waals surface area contributed by atoms with E-state index >= 15 is 0 Å². The first-order valence-corrected chi connectivity index (χ1v) is 7.77. The summed E-state index contributed by atoms with van der Waals surface area (Å²) in [6.07, 6.45) is 1.12. The molecule has 1 aromatic rings. The summed E-state index contributed by atoms with van der Waals surface area (Å²) >= 11 is 0. The maximum absolute atomic E-state index is 12.7. The Bertz CT molecular complexity index is 534. The lowest BCUT2D eigenvalue weighted by molar-refractivity contribution is 0.0297. The number of amides is 1. The van der Waals surface area contributed by atoms with Crippen LogP contribution in [0.4, 0.5) is 0 Å². The fourth-order valence-electron chi connectivity index (χ4n) is 3.08. The van der Waals surface area contributed by atoms with Gasteiger partial charge in [-0.3, -0.25) is 14.4 Å². The number of carbonyl (C=O) groups excluding carboxylic acids is 1. The first-order chi connectivity index (χ1) is 10.1. The first kappa shape index (κ1) is 14.5. The highest BCUT2D eigenvalue weighted by Crippen LogP contribution is 2.28. The minimum absolute atomic E-state index is 0.0566. The van der Waals surface area contributed by atoms with E-state index in [-0.39, 0.29) is 5.91 Å². The van der Waals surface area contributed by atoms with Crippen molar-refractivity contribution >= 4 is 5.91 Å². The van der Waals surface area contributed by atoms with Gasteiger partial charge in [-0.15, -0.1) is 0 Å². The van der Waals surface area contributed by atoms with Gasteiger partial charge in [0.25, 0.3) is 5.91 Å². The topological polar surface area (TPSA) is 50.6 Å². The second-order valence-corrected chi connectivity index (χ2v) is 5.96. The minimum Gasteiger partial charge on any atom is -0.378 e. The van der Waals surface area contributed by atoms with Crippen molar-refractivity contribution in [3.8, 4) is 0 Å². The van der Waals surface area contributed by atoms with Gasteiger partial charge in [-0.2, -0.15) is 5.10 Å². The third kappa shape index (κ3) is 2.58. The zero-order valence-electron chi connectivity index (χ0n) is 13.1. The lowest BCUT2D eigenvalue weighted by Gasteiger charge is -2.26. The van der Waals surface area contributed by atoms with Crippen LogP contribution in [-0.2, 0) is 24.9 Å². The van der Waals surface area contributed by atoms with Gasteiger partial charge in [-0.25, -0.2) is 0 Å². The molecule has 6 heteroatoms. The molecule has 2 aliphatic heterocycles. The van der Waals surface area contributed by atoms with E-state index in [1.165, 1.54) is 5.69 Å². The second-order valence-electron chi connectivity index (χ2n) is 5.96. The van der Waals surface area contributed by atoms with E-state index in [1.54, 1.807) is 0 Å². The van der Waals surface area contributed by atoms with Crippen molar-refractivity contribution < 1.29 is 9.53 Å². The molecule has 1 aromatic heterocycles. The van der Waals surface area contributed by atoms with Crippen molar-refractivity contribution in [3.05, 3.63) is 17.0 Å². The molecule has 0 aromatic carbocycles. The number of nitrogens with zero attached hydrogens (tertiary/aromatic N) is 4. The maximum Gasteiger partial charge on any atom is 0.274 e. The molecule has 0 spiro atoms. The van der Waals surface area contributed by atoms with Gasteiger partial charge in [0.15, 0.2) is 5.69 Å². The normalized spacial score (nSPS) is 20.6. The van der Waals surface area contributed by atoms with E-state index in [9.17, 15) is 4.79 Å². The third-order valence-corrected chi connectivity index (χ3v) is 4.70. The molecule has 0 radical (unpaired) electrons. The van der Waals surface area contributed by atoms with Crippen molar-refractivity contribution in [2.75, 3.05) is 26.3 Å². The molecule has 1 saturated heterocycles. The molecule has 6 nitrogen and oxygen atoms in total. The highest BCUT2D eigenvalue weighted by molar-refractivity contribution is 5.94. The fraction of sp³-hybridized carbons (Fsp3) is 0.733. The Morgan fingerprint density at radius 1 is 1.33 bits per heavy atom. The van der Waals surface area contributed by atoms with Crippen molar-refractivity contribution in [2.24, 2.45) is 7.05 Å². The van der Waals surface area contributed by atoms with Gasteiger partial charge in [-0.1, -0.05) is 6.92 Å². The smallest absolute Gasteiger partial charge is 0.274 e. The molecule has 3 heterocycles. The number of aromatic nitrogens is 2. The average molecular weight is 292 g/mol. The van der Waals surface area contributed by atoms with E-state index in [0.717, 1.165) is 25.1 Å². The molecular formula is C15H24N4O2. The van der Waals surface area contributed by atoms with Gasteiger partial charge in [0, 0.05) is 44.8 Å². The van der Waals surface area contributed by atoms with Crippen LogP contribution in [0.2, 0.25) is 0 Å². The fourth-order valence-corrected chi connectivity index (χ4v) is 3.08. The van der Waals surface area contributed by atoms with Crippen molar-refractivity contribution in [1.29, 1.82) is 0 Å². The van der Waals surface area contributed by atoms with Gasteiger partial charge in [-0.05, 0) is 13.3 Å². The van der Waals surface area contributed by atoms with Gasteiger partial charge in [0.05, 0.1) is 18.9 Å². The number of hydrogen-bond acceptors (Lipinski definition) is 4. The molecule has 116 valence electrons. The Kier molecular flexibility index (Phi) is 3.99. The molecule has 0 saturated carbocycles. The largest absolute Gasteiger partial charge is 0.378 e. The molecule has 0 N–H and O–H groups in total. The molecule has 0 bridgehead atoms. The number of rotatable bonds is 3. The second kappa shape index (κ2) is 5.77. The van der Waals surface area contributed by atoms with Crippen LogP contribution in [0.3, 0.4) is 0 Å². The van der Waals surface area contributed by atoms with E-state index < -0.39 is 0 Å². The molecule has 21 heavy (non-hydrogen) atoms. The van der Waals surface area contributed by atoms with Crippen LogP contribution < -0.4 is 0 Å². The summed E-state index contributed by atoms with van der Waals surface area (Å²) in [5, 5.41) is 4.48. The quantitative estimate of drug-likeness (QED) is 0.834. The summed E-state index contributed by atoms with van der Waals surface area (Å²) in [6, 6.07) is 0.531. The summed E-state index contributed by atoms with van der Waals surface area (Å²) in [7, 11) is 1.94. The lowest BCUT2D eigenvalue weighted by Crippen LogP contribution is -2.41. The van der Waals surface area contributed by atoms with Gasteiger partial charge in [0.1, 0.15) is 0 Å². The van der Waals surface area contributed by atoms with Crippen LogP contribution in [0.25, 0.3) is 0 Å². The molecule has 2 aliphatic rings. The van der Waals surface area contributed by atoms with E-state index in [2.05, 4.69) is 23.8 Å². The molecule has 1 atom stereocenters. The third-order valence-electron chi connectivity index (χ3n) is 4.70. The van der Waals surface area contributed by atoms with Crippen molar-refractivity contribution in [2.45, 2.75) is 39.4 Å². The number of fused-ring (bicyclic) bond motifs is 1. The number of morpholine rings is 1. The molecule has 3 rings (SSSR count). The number of ether oxygens (including phenoxy) is 1. The lowest BCUT2D eigenvalue weighted by atomic mass is 10.2. The van der Waals surface area contributed by atoms with Crippen LogP contribution in [0.1, 0.15) is 42.0 Å². The van der Waals surface area contributed by atoms with Gasteiger partial charge in [0.2, 0.25) is 0 Å². The molecule has 1 amide bonds. The predicted octanol–water partition coefficient (Wildman–Crippen LogP) is 1.01. The molecule has 1 fully saturated rings.